The van der Waals surface area contributed by atoms with Gasteiger partial charge in [-0.05, 0) is 19.1 Å². The molecule has 1 atom stereocenters. The highest BCUT2D eigenvalue weighted by molar-refractivity contribution is 7.20. The number of nitro groups is 1. The average molecular weight is 342 g/mol. The van der Waals surface area contributed by atoms with Crippen LogP contribution in [0.3, 0.4) is 0 Å². The number of carbonyl (C=O) groups excluding carboxylic acids is 1. The van der Waals surface area contributed by atoms with Crippen molar-refractivity contribution >= 4 is 45.4 Å². The van der Waals surface area contributed by atoms with Crippen LogP contribution in [0.5, 0.6) is 0 Å². The Morgan fingerprint density at radius 1 is 1.45 bits per heavy atom. The van der Waals surface area contributed by atoms with Gasteiger partial charge in [-0.25, -0.2) is 0 Å². The van der Waals surface area contributed by atoms with Crippen molar-refractivity contribution in [2.45, 2.75) is 13.0 Å². The first-order chi connectivity index (χ1) is 10.1. The van der Waals surface area contributed by atoms with E-state index < -0.39 is 4.92 Å². The van der Waals surface area contributed by atoms with Crippen LogP contribution in [0, 0.1) is 10.1 Å². The fourth-order valence-corrected chi connectivity index (χ4v) is 3.53. The first kappa shape index (κ1) is 16.7. The number of hydrogen-bond acceptors (Lipinski definition) is 5. The van der Waals surface area contributed by atoms with Crippen LogP contribution >= 0.6 is 23.7 Å². The van der Waals surface area contributed by atoms with E-state index in [0.29, 0.717) is 11.4 Å². The summed E-state index contributed by atoms with van der Waals surface area (Å²) in [6, 6.07) is 6.61. The molecule has 1 saturated heterocycles. The molecule has 3 rings (SSSR count). The number of halogens is 1. The van der Waals surface area contributed by atoms with Crippen LogP contribution in [0.2, 0.25) is 0 Å². The van der Waals surface area contributed by atoms with E-state index in [-0.39, 0.29) is 30.0 Å². The molecule has 22 heavy (non-hydrogen) atoms. The highest BCUT2D eigenvalue weighted by Gasteiger charge is 2.25. The van der Waals surface area contributed by atoms with Gasteiger partial charge in [-0.1, -0.05) is 0 Å². The number of nitrogens with one attached hydrogen (secondary N) is 1. The monoisotopic (exact) mass is 341 g/mol. The van der Waals surface area contributed by atoms with Crippen LogP contribution in [0.1, 0.15) is 16.6 Å². The van der Waals surface area contributed by atoms with Gasteiger partial charge in [0, 0.05) is 47.9 Å². The molecule has 1 aliphatic rings. The summed E-state index contributed by atoms with van der Waals surface area (Å²) >= 11 is 1.39. The summed E-state index contributed by atoms with van der Waals surface area (Å²) in [4.78, 5) is 25.5. The van der Waals surface area contributed by atoms with E-state index in [0.717, 1.165) is 23.2 Å². The minimum atomic E-state index is -0.420. The molecular formula is C14H16ClN3O3S. The summed E-state index contributed by atoms with van der Waals surface area (Å²) in [6.45, 7) is 4.30. The van der Waals surface area contributed by atoms with E-state index in [1.165, 1.54) is 23.5 Å². The van der Waals surface area contributed by atoms with Crippen molar-refractivity contribution in [3.63, 3.8) is 0 Å². The van der Waals surface area contributed by atoms with Gasteiger partial charge < -0.3 is 10.2 Å². The molecule has 1 aromatic carbocycles. The second-order valence-electron chi connectivity index (χ2n) is 5.14. The molecule has 0 spiro atoms. The summed E-state index contributed by atoms with van der Waals surface area (Å²) in [5, 5.41) is 14.8. The maximum absolute atomic E-state index is 12.6. The van der Waals surface area contributed by atoms with Gasteiger partial charge in [0.05, 0.1) is 9.80 Å². The molecule has 2 aromatic rings. The standard InChI is InChI=1S/C14H15N3O3S.ClH/c1-9-8-15-4-5-16(9)14(18)13-7-10-6-11(17(19)20)2-3-12(10)21-13;/h2-3,6-7,9,15H,4-5,8H2,1H3;1H. The van der Waals surface area contributed by atoms with Crippen LogP contribution in [0.4, 0.5) is 5.69 Å². The first-order valence-electron chi connectivity index (χ1n) is 6.76. The largest absolute Gasteiger partial charge is 0.333 e. The van der Waals surface area contributed by atoms with Crippen molar-refractivity contribution in [1.29, 1.82) is 0 Å². The van der Waals surface area contributed by atoms with E-state index in [1.54, 1.807) is 12.1 Å². The number of nitro benzene ring substituents is 1. The van der Waals surface area contributed by atoms with Crippen LogP contribution in [-0.2, 0) is 0 Å². The van der Waals surface area contributed by atoms with Gasteiger partial charge in [-0.2, -0.15) is 0 Å². The van der Waals surface area contributed by atoms with Gasteiger partial charge in [0.25, 0.3) is 11.6 Å². The normalized spacial score (nSPS) is 18.0. The Labute approximate surface area is 137 Å². The van der Waals surface area contributed by atoms with Gasteiger partial charge in [0.1, 0.15) is 0 Å². The lowest BCUT2D eigenvalue weighted by molar-refractivity contribution is -0.384. The zero-order valence-electron chi connectivity index (χ0n) is 11.9. The molecule has 1 amide bonds. The van der Waals surface area contributed by atoms with E-state index in [9.17, 15) is 14.9 Å². The number of nitrogens with zero attached hydrogens (tertiary/aromatic N) is 2. The number of carbonyl (C=O) groups is 1. The fraction of sp³-hybridized carbons (Fsp3) is 0.357. The number of non-ortho nitro benzene ring substituents is 1. The summed E-state index contributed by atoms with van der Waals surface area (Å²) in [7, 11) is 0. The SMILES string of the molecule is CC1CNCCN1C(=O)c1cc2cc([N+](=O)[O-])ccc2s1.Cl. The molecule has 0 saturated carbocycles. The van der Waals surface area contributed by atoms with Crippen molar-refractivity contribution in [2.24, 2.45) is 0 Å². The van der Waals surface area contributed by atoms with E-state index >= 15 is 0 Å². The number of rotatable bonds is 2. The van der Waals surface area contributed by atoms with Gasteiger partial charge >= 0.3 is 0 Å². The van der Waals surface area contributed by atoms with Crippen molar-refractivity contribution in [3.05, 3.63) is 39.3 Å². The van der Waals surface area contributed by atoms with E-state index in [1.807, 2.05) is 11.8 Å². The number of fused-ring (bicyclic) bond motifs is 1. The van der Waals surface area contributed by atoms with E-state index in [2.05, 4.69) is 5.32 Å². The smallest absolute Gasteiger partial charge is 0.270 e. The molecule has 0 bridgehead atoms. The maximum Gasteiger partial charge on any atom is 0.270 e. The molecule has 1 aliphatic heterocycles. The summed E-state index contributed by atoms with van der Waals surface area (Å²) in [6.07, 6.45) is 0. The Kier molecular flexibility index (Phi) is 5.00. The molecule has 0 radical (unpaired) electrons. The molecule has 0 aliphatic carbocycles. The average Bonchev–Trinajstić information content (AvgIpc) is 2.89. The van der Waals surface area contributed by atoms with Gasteiger partial charge in [-0.3, -0.25) is 14.9 Å². The lowest BCUT2D eigenvalue weighted by atomic mass is 10.2. The lowest BCUT2D eigenvalue weighted by Gasteiger charge is -2.33. The molecule has 2 heterocycles. The Bertz CT molecular complexity index is 718. The number of piperazine rings is 1. The minimum Gasteiger partial charge on any atom is -0.333 e. The zero-order valence-corrected chi connectivity index (χ0v) is 13.6. The maximum atomic E-state index is 12.6. The molecule has 1 unspecified atom stereocenters. The highest BCUT2D eigenvalue weighted by atomic mass is 35.5. The molecule has 1 N–H and O–H groups in total. The Hall–Kier alpha value is -1.70. The van der Waals surface area contributed by atoms with E-state index in [4.69, 9.17) is 0 Å². The molecular weight excluding hydrogens is 326 g/mol. The van der Waals surface area contributed by atoms with Gasteiger partial charge in [0.15, 0.2) is 0 Å². The lowest BCUT2D eigenvalue weighted by Crippen LogP contribution is -2.52. The van der Waals surface area contributed by atoms with Crippen molar-refractivity contribution in [1.82, 2.24) is 10.2 Å². The van der Waals surface area contributed by atoms with Crippen LogP contribution < -0.4 is 5.32 Å². The number of amides is 1. The van der Waals surface area contributed by atoms with Crippen molar-refractivity contribution in [3.8, 4) is 0 Å². The Morgan fingerprint density at radius 3 is 2.91 bits per heavy atom. The van der Waals surface area contributed by atoms with Crippen LogP contribution in [0.25, 0.3) is 10.1 Å². The van der Waals surface area contributed by atoms with Crippen molar-refractivity contribution < 1.29 is 9.72 Å². The Morgan fingerprint density at radius 2 is 2.23 bits per heavy atom. The molecule has 6 nitrogen and oxygen atoms in total. The number of hydrogen-bond donors (Lipinski definition) is 1. The van der Waals surface area contributed by atoms with Gasteiger partial charge in [-0.15, -0.1) is 23.7 Å². The third-order valence-corrected chi connectivity index (χ3v) is 4.79. The summed E-state index contributed by atoms with van der Waals surface area (Å²) < 4.78 is 0.895. The molecule has 1 fully saturated rings. The number of benzene rings is 1. The zero-order chi connectivity index (χ0) is 15.0. The fourth-order valence-electron chi connectivity index (χ4n) is 2.53. The van der Waals surface area contributed by atoms with Gasteiger partial charge in [0.2, 0.25) is 0 Å². The third kappa shape index (κ3) is 3.06. The first-order valence-corrected chi connectivity index (χ1v) is 7.57. The summed E-state index contributed by atoms with van der Waals surface area (Å²) in [5.41, 5.74) is 0.0508. The second kappa shape index (κ2) is 6.60. The second-order valence-corrected chi connectivity index (χ2v) is 6.23. The topological polar surface area (TPSA) is 75.5 Å². The minimum absolute atomic E-state index is 0. The number of thiophene rings is 1. The van der Waals surface area contributed by atoms with Crippen LogP contribution in [0.15, 0.2) is 24.3 Å². The quantitative estimate of drug-likeness (QED) is 0.673. The highest BCUT2D eigenvalue weighted by Crippen LogP contribution is 2.30. The van der Waals surface area contributed by atoms with Crippen molar-refractivity contribution in [2.75, 3.05) is 19.6 Å². The molecule has 1 aromatic heterocycles. The predicted molar refractivity (Wildman–Crippen MR) is 89.1 cm³/mol. The van der Waals surface area contributed by atoms with Crippen LogP contribution in [-0.4, -0.2) is 41.4 Å². The predicted octanol–water partition coefficient (Wildman–Crippen LogP) is 2.67. The summed E-state index contributed by atoms with van der Waals surface area (Å²) in [5.74, 6) is 0.00727. The third-order valence-electron chi connectivity index (χ3n) is 3.68. The molecule has 118 valence electrons. The molecule has 8 heteroatoms. The Balaban J connectivity index is 0.00000176.